The van der Waals surface area contributed by atoms with E-state index in [0.29, 0.717) is 11.1 Å². The van der Waals surface area contributed by atoms with Crippen molar-refractivity contribution in [3.63, 3.8) is 0 Å². The van der Waals surface area contributed by atoms with Gasteiger partial charge in [-0.25, -0.2) is 4.98 Å². The molecule has 0 aliphatic heterocycles. The maximum absolute atomic E-state index is 13.8. The summed E-state index contributed by atoms with van der Waals surface area (Å²) in [7, 11) is -1.30. The summed E-state index contributed by atoms with van der Waals surface area (Å²) in [4.78, 5) is 3.79. The van der Waals surface area contributed by atoms with Crippen LogP contribution >= 0.6 is 15.9 Å². The molecule has 0 aliphatic rings. The minimum absolute atomic E-state index is 0.102. The number of benzene rings is 1. The molecule has 1 heterocycles. The number of aliphatic hydroxyl groups is 1. The molecule has 1 N–H and O–H groups in total. The van der Waals surface area contributed by atoms with Crippen LogP contribution in [0.3, 0.4) is 0 Å². The van der Waals surface area contributed by atoms with Gasteiger partial charge in [-0.3, -0.25) is 0 Å². The maximum Gasteiger partial charge on any atom is 0.428 e. The van der Waals surface area contributed by atoms with E-state index in [0.717, 1.165) is 6.04 Å². The van der Waals surface area contributed by atoms with Crippen molar-refractivity contribution >= 4 is 24.0 Å². The molecule has 4 nitrogen and oxygen atoms in total. The fraction of sp³-hybridized carbons (Fsp3) is 0.471. The van der Waals surface area contributed by atoms with E-state index in [2.05, 4.69) is 40.6 Å². The van der Waals surface area contributed by atoms with E-state index in [1.54, 1.807) is 0 Å². The van der Waals surface area contributed by atoms with Crippen molar-refractivity contribution in [3.8, 4) is 0 Å². The van der Waals surface area contributed by atoms with Crippen molar-refractivity contribution in [1.82, 2.24) is 9.55 Å². The monoisotopic (exact) mass is 450 g/mol. The van der Waals surface area contributed by atoms with Crippen LogP contribution in [0.1, 0.15) is 11.4 Å². The van der Waals surface area contributed by atoms with Crippen LogP contribution in [0.4, 0.5) is 13.2 Å². The third-order valence-corrected chi connectivity index (χ3v) is 6.17. The van der Waals surface area contributed by atoms with Gasteiger partial charge in [-0.2, -0.15) is 13.2 Å². The Bertz CT molecular complexity index is 729. The molecule has 0 saturated carbocycles. The van der Waals surface area contributed by atoms with Crippen LogP contribution in [-0.2, 0) is 17.1 Å². The molecule has 144 valence electrons. The first kappa shape index (κ1) is 21.1. The largest absolute Gasteiger partial charge is 0.428 e. The lowest BCUT2D eigenvalue weighted by atomic mass is 9.92. The Labute approximate surface area is 160 Å². The average molecular weight is 451 g/mol. The Balaban J connectivity index is 2.31. The zero-order valence-electron chi connectivity index (χ0n) is 14.8. The molecule has 26 heavy (non-hydrogen) atoms. The van der Waals surface area contributed by atoms with Gasteiger partial charge in [0.2, 0.25) is 5.60 Å². The molecule has 0 amide bonds. The van der Waals surface area contributed by atoms with Crippen LogP contribution in [0.5, 0.6) is 0 Å². The molecule has 9 heteroatoms. The second-order valence-corrected chi connectivity index (χ2v) is 13.8. The topological polar surface area (TPSA) is 47.3 Å². The molecule has 1 aromatic heterocycles. The van der Waals surface area contributed by atoms with E-state index in [4.69, 9.17) is 4.74 Å². The Kier molecular flexibility index (Phi) is 6.37. The first-order valence-electron chi connectivity index (χ1n) is 8.09. The van der Waals surface area contributed by atoms with Crippen molar-refractivity contribution in [2.24, 2.45) is 0 Å². The minimum Gasteiger partial charge on any atom is -0.370 e. The summed E-state index contributed by atoms with van der Waals surface area (Å²) in [6, 6.07) is 6.24. The van der Waals surface area contributed by atoms with Crippen molar-refractivity contribution in [2.75, 3.05) is 6.61 Å². The van der Waals surface area contributed by atoms with Gasteiger partial charge < -0.3 is 14.4 Å². The third kappa shape index (κ3) is 4.76. The number of imidazole rings is 1. The Morgan fingerprint density at radius 2 is 1.81 bits per heavy atom. The van der Waals surface area contributed by atoms with Gasteiger partial charge >= 0.3 is 6.18 Å². The lowest BCUT2D eigenvalue weighted by Gasteiger charge is -2.31. The molecule has 1 aromatic carbocycles. The number of nitrogens with zero attached hydrogens (tertiary/aromatic N) is 2. The first-order chi connectivity index (χ1) is 11.9. The summed E-state index contributed by atoms with van der Waals surface area (Å²) >= 11 is 3.18. The Morgan fingerprint density at radius 1 is 1.19 bits per heavy atom. The van der Waals surface area contributed by atoms with Crippen LogP contribution in [0, 0.1) is 0 Å². The predicted octanol–water partition coefficient (Wildman–Crippen LogP) is 4.76. The number of hydrogen-bond donors (Lipinski definition) is 1. The Morgan fingerprint density at radius 3 is 2.35 bits per heavy atom. The van der Waals surface area contributed by atoms with Crippen molar-refractivity contribution in [3.05, 3.63) is 52.5 Å². The van der Waals surface area contributed by atoms with E-state index < -0.39 is 25.7 Å². The standard InChI is InChI=1S/C17H22BrF3N2O2Si/c1-26(2,3)11-10-25-12-23-9-8-22-15(23)16(24,17(19,20)21)13-4-6-14(18)7-5-13/h4-9,24H,10-12H2,1-3H3. The second-order valence-electron chi connectivity index (χ2n) is 7.28. The summed E-state index contributed by atoms with van der Waals surface area (Å²) in [5.74, 6) is -0.514. The molecule has 0 fully saturated rings. The number of alkyl halides is 3. The molecule has 2 rings (SSSR count). The van der Waals surface area contributed by atoms with Crippen LogP contribution in [0.2, 0.25) is 25.7 Å². The van der Waals surface area contributed by atoms with Crippen LogP contribution in [0.15, 0.2) is 41.1 Å². The highest BCUT2D eigenvalue weighted by Crippen LogP contribution is 2.43. The summed E-state index contributed by atoms with van der Waals surface area (Å²) in [5, 5.41) is 10.7. The molecule has 0 spiro atoms. The van der Waals surface area contributed by atoms with E-state index in [9.17, 15) is 18.3 Å². The lowest BCUT2D eigenvalue weighted by Crippen LogP contribution is -2.45. The number of halogens is 4. The van der Waals surface area contributed by atoms with Gasteiger partial charge in [0.15, 0.2) is 5.82 Å². The quantitative estimate of drug-likeness (QED) is 0.488. The van der Waals surface area contributed by atoms with Gasteiger partial charge in [-0.05, 0) is 18.2 Å². The molecule has 1 atom stereocenters. The number of rotatable bonds is 7. The van der Waals surface area contributed by atoms with Crippen molar-refractivity contribution < 1.29 is 23.0 Å². The molecule has 0 aliphatic carbocycles. The van der Waals surface area contributed by atoms with E-state index >= 15 is 0 Å². The van der Waals surface area contributed by atoms with E-state index in [1.165, 1.54) is 41.2 Å². The SMILES string of the molecule is C[Si](C)(C)CCOCn1ccnc1C(O)(c1ccc(Br)cc1)C(F)(F)F. The minimum atomic E-state index is -4.94. The zero-order valence-corrected chi connectivity index (χ0v) is 17.4. The van der Waals surface area contributed by atoms with Crippen molar-refractivity contribution in [1.29, 1.82) is 0 Å². The molecule has 0 saturated heterocycles. The summed E-state index contributed by atoms with van der Waals surface area (Å²) < 4.78 is 48.8. The van der Waals surface area contributed by atoms with Gasteiger partial charge in [-0.15, -0.1) is 0 Å². The van der Waals surface area contributed by atoms with Gasteiger partial charge in [0.1, 0.15) is 6.73 Å². The highest BCUT2D eigenvalue weighted by molar-refractivity contribution is 9.10. The van der Waals surface area contributed by atoms with Crippen LogP contribution in [0.25, 0.3) is 0 Å². The lowest BCUT2D eigenvalue weighted by molar-refractivity contribution is -0.252. The van der Waals surface area contributed by atoms with Crippen LogP contribution < -0.4 is 0 Å². The summed E-state index contributed by atoms with van der Waals surface area (Å²) in [6.45, 7) is 6.92. The fourth-order valence-electron chi connectivity index (χ4n) is 2.39. The van der Waals surface area contributed by atoms with E-state index in [-0.39, 0.29) is 12.3 Å². The van der Waals surface area contributed by atoms with Gasteiger partial charge in [0, 0.05) is 37.1 Å². The zero-order chi connectivity index (χ0) is 19.6. The normalized spacial score (nSPS) is 15.1. The number of hydrogen-bond acceptors (Lipinski definition) is 3. The second kappa shape index (κ2) is 7.83. The van der Waals surface area contributed by atoms with Gasteiger partial charge in [-0.1, -0.05) is 47.7 Å². The predicted molar refractivity (Wildman–Crippen MR) is 99.5 cm³/mol. The van der Waals surface area contributed by atoms with Gasteiger partial charge in [0.25, 0.3) is 0 Å². The molecule has 0 radical (unpaired) electrons. The van der Waals surface area contributed by atoms with Crippen molar-refractivity contribution in [2.45, 2.75) is 44.2 Å². The Hall–Kier alpha value is -1.16. The molecular weight excluding hydrogens is 429 g/mol. The third-order valence-electron chi connectivity index (χ3n) is 3.94. The number of ether oxygens (including phenoxy) is 1. The van der Waals surface area contributed by atoms with E-state index in [1.807, 2.05) is 0 Å². The first-order valence-corrected chi connectivity index (χ1v) is 12.6. The van der Waals surface area contributed by atoms with Crippen LogP contribution in [-0.4, -0.2) is 35.5 Å². The smallest absolute Gasteiger partial charge is 0.370 e. The van der Waals surface area contributed by atoms with Gasteiger partial charge in [0.05, 0.1) is 0 Å². The molecule has 0 bridgehead atoms. The molecule has 1 unspecified atom stereocenters. The highest BCUT2D eigenvalue weighted by atomic mass is 79.9. The maximum atomic E-state index is 13.8. The highest BCUT2D eigenvalue weighted by Gasteiger charge is 2.59. The molecular formula is C17H22BrF3N2O2Si. The molecule has 2 aromatic rings. The number of aromatic nitrogens is 2. The summed E-state index contributed by atoms with van der Waals surface area (Å²) in [6.07, 6.45) is -2.34. The average Bonchev–Trinajstić information content (AvgIpc) is 2.98. The fourth-order valence-corrected chi connectivity index (χ4v) is 3.41. The summed E-state index contributed by atoms with van der Waals surface area (Å²) in [5.41, 5.74) is -3.53.